The second-order valence-corrected chi connectivity index (χ2v) is 7.90. The molecule has 0 aliphatic rings. The molecule has 2 aromatic heterocycles. The molecule has 0 spiro atoms. The zero-order valence-electron chi connectivity index (χ0n) is 17.0. The van der Waals surface area contributed by atoms with E-state index in [-0.39, 0.29) is 12.2 Å². The van der Waals surface area contributed by atoms with Crippen LogP contribution in [0.1, 0.15) is 42.6 Å². The molecule has 0 N–H and O–H groups in total. The Kier molecular flexibility index (Phi) is 7.52. The summed E-state index contributed by atoms with van der Waals surface area (Å²) in [7, 11) is 3.82. The third-order valence-electron chi connectivity index (χ3n) is 4.41. The third-order valence-corrected chi connectivity index (χ3v) is 5.51. The van der Waals surface area contributed by atoms with Crippen molar-refractivity contribution in [2.75, 3.05) is 33.9 Å². The summed E-state index contributed by atoms with van der Waals surface area (Å²) in [6.45, 7) is 9.21. The minimum absolute atomic E-state index is 0.174. The Morgan fingerprint density at radius 2 is 1.96 bits per heavy atom. The monoisotopic (exact) mass is 395 g/mol. The number of fused-ring (bicyclic) bond motifs is 1. The zero-order chi connectivity index (χ0) is 20.1. The van der Waals surface area contributed by atoms with Gasteiger partial charge in [-0.15, -0.1) is 11.3 Å². The number of carbonyl (C=O) groups excluding carboxylic acids is 1. The lowest BCUT2D eigenvalue weighted by atomic mass is 10.1. The average Bonchev–Trinajstić information content (AvgIpc) is 2.88. The maximum atomic E-state index is 13.3. The van der Waals surface area contributed by atoms with Gasteiger partial charge in [0.05, 0.1) is 18.5 Å². The summed E-state index contributed by atoms with van der Waals surface area (Å²) < 4.78 is 12.1. The van der Waals surface area contributed by atoms with Crippen LogP contribution in [-0.4, -0.2) is 54.3 Å². The summed E-state index contributed by atoms with van der Waals surface area (Å²) >= 11 is 1.51. The Bertz CT molecular complexity index is 857. The molecule has 8 heteroatoms. The lowest BCUT2D eigenvalue weighted by Crippen LogP contribution is -2.36. The Balaban J connectivity index is 2.51. The van der Waals surface area contributed by atoms with E-state index in [9.17, 15) is 9.59 Å². The van der Waals surface area contributed by atoms with Crippen LogP contribution in [0.4, 0.5) is 0 Å². The predicted molar refractivity (Wildman–Crippen MR) is 108 cm³/mol. The number of rotatable bonds is 9. The van der Waals surface area contributed by atoms with Crippen LogP contribution in [-0.2, 0) is 20.8 Å². The molecule has 150 valence electrons. The Labute approximate surface area is 163 Å². The molecule has 0 aliphatic heterocycles. The number of thiophene rings is 1. The smallest absolute Gasteiger partial charge is 0.329 e. The van der Waals surface area contributed by atoms with Crippen molar-refractivity contribution in [2.24, 2.45) is 0 Å². The maximum Gasteiger partial charge on any atom is 0.329 e. The highest BCUT2D eigenvalue weighted by Crippen LogP contribution is 2.27. The largest absolute Gasteiger partial charge is 0.462 e. The first-order valence-electron chi connectivity index (χ1n) is 9.21. The molecule has 0 fully saturated rings. The van der Waals surface area contributed by atoms with Crippen molar-refractivity contribution in [3.05, 3.63) is 26.6 Å². The number of aromatic nitrogens is 2. The van der Waals surface area contributed by atoms with E-state index in [0.717, 1.165) is 15.3 Å². The highest BCUT2D eigenvalue weighted by Gasteiger charge is 2.27. The van der Waals surface area contributed by atoms with Crippen LogP contribution in [0.2, 0.25) is 0 Å². The lowest BCUT2D eigenvalue weighted by Gasteiger charge is -2.22. The molecule has 0 aliphatic carbocycles. The van der Waals surface area contributed by atoms with Gasteiger partial charge in [0.1, 0.15) is 23.3 Å². The fourth-order valence-electron chi connectivity index (χ4n) is 2.96. The molecule has 0 saturated carbocycles. The summed E-state index contributed by atoms with van der Waals surface area (Å²) in [5, 5.41) is 0.598. The molecule has 0 aromatic carbocycles. The quantitative estimate of drug-likeness (QED) is 0.480. The second-order valence-electron chi connectivity index (χ2n) is 6.69. The summed E-state index contributed by atoms with van der Waals surface area (Å²) in [6, 6.07) is -0.703. The topological polar surface area (TPSA) is 73.7 Å². The summed E-state index contributed by atoms with van der Waals surface area (Å²) in [5.41, 5.74) is 0.754. The van der Waals surface area contributed by atoms with Gasteiger partial charge in [-0.3, -0.25) is 9.36 Å². The number of ether oxygens (including phenoxy) is 2. The van der Waals surface area contributed by atoms with Crippen LogP contribution < -0.4 is 5.56 Å². The van der Waals surface area contributed by atoms with E-state index in [0.29, 0.717) is 37.4 Å². The first-order valence-corrected chi connectivity index (χ1v) is 10.0. The normalized spacial score (nSPS) is 12.7. The molecule has 2 rings (SSSR count). The Morgan fingerprint density at radius 3 is 2.56 bits per heavy atom. The van der Waals surface area contributed by atoms with Gasteiger partial charge in [0, 0.05) is 11.5 Å². The molecule has 27 heavy (non-hydrogen) atoms. The molecule has 0 amide bonds. The first kappa shape index (κ1) is 21.5. The van der Waals surface area contributed by atoms with E-state index < -0.39 is 12.0 Å². The summed E-state index contributed by atoms with van der Waals surface area (Å²) in [5.74, 6) is 0.150. The molecular formula is C19H29N3O4S. The second kappa shape index (κ2) is 9.43. The molecule has 2 heterocycles. The van der Waals surface area contributed by atoms with Crippen molar-refractivity contribution in [2.45, 2.75) is 46.7 Å². The highest BCUT2D eigenvalue weighted by atomic mass is 32.1. The van der Waals surface area contributed by atoms with Crippen LogP contribution >= 0.6 is 11.3 Å². The van der Waals surface area contributed by atoms with Crippen LogP contribution in [0.3, 0.4) is 0 Å². The van der Waals surface area contributed by atoms with Gasteiger partial charge < -0.3 is 14.4 Å². The fraction of sp³-hybridized carbons (Fsp3) is 0.632. The minimum Gasteiger partial charge on any atom is -0.462 e. The van der Waals surface area contributed by atoms with Gasteiger partial charge in [-0.1, -0.05) is 6.92 Å². The van der Waals surface area contributed by atoms with Crippen molar-refractivity contribution in [3.63, 3.8) is 0 Å². The molecule has 0 saturated heterocycles. The lowest BCUT2D eigenvalue weighted by molar-refractivity contribution is -0.149. The third kappa shape index (κ3) is 4.75. The Hall–Kier alpha value is -1.77. The van der Waals surface area contributed by atoms with E-state index in [1.54, 1.807) is 0 Å². The molecule has 0 radical (unpaired) electrons. The fourth-order valence-corrected chi connectivity index (χ4v) is 4.00. The summed E-state index contributed by atoms with van der Waals surface area (Å²) in [6.07, 6.45) is 0.448. The number of esters is 1. The standard InChI is InChI=1S/C19H29N3O4S/c1-7-14(19(24)26-10-9-25-8-2)22-15(11-21(5)6)20-17-16(18(22)23)12(3)13(4)27-17/h14H,7-11H2,1-6H3. The van der Waals surface area contributed by atoms with Crippen LogP contribution in [0, 0.1) is 13.8 Å². The van der Waals surface area contributed by atoms with Crippen molar-refractivity contribution in [3.8, 4) is 0 Å². The van der Waals surface area contributed by atoms with E-state index >= 15 is 0 Å². The maximum absolute atomic E-state index is 13.3. The predicted octanol–water partition coefficient (Wildman–Crippen LogP) is 2.67. The summed E-state index contributed by atoms with van der Waals surface area (Å²) in [4.78, 5) is 34.5. The molecule has 0 bridgehead atoms. The van der Waals surface area contributed by atoms with Crippen LogP contribution in [0.5, 0.6) is 0 Å². The average molecular weight is 396 g/mol. The van der Waals surface area contributed by atoms with Gasteiger partial charge >= 0.3 is 5.97 Å². The van der Waals surface area contributed by atoms with E-state index in [4.69, 9.17) is 14.5 Å². The molecule has 7 nitrogen and oxygen atoms in total. The van der Waals surface area contributed by atoms with Gasteiger partial charge in [0.2, 0.25) is 0 Å². The van der Waals surface area contributed by atoms with E-state index in [2.05, 4.69) is 0 Å². The zero-order valence-corrected chi connectivity index (χ0v) is 17.8. The molecule has 2 aromatic rings. The minimum atomic E-state index is -0.703. The highest BCUT2D eigenvalue weighted by molar-refractivity contribution is 7.18. The van der Waals surface area contributed by atoms with Crippen molar-refractivity contribution >= 4 is 27.5 Å². The van der Waals surface area contributed by atoms with E-state index in [1.165, 1.54) is 15.9 Å². The number of hydrogen-bond acceptors (Lipinski definition) is 7. The Morgan fingerprint density at radius 1 is 1.26 bits per heavy atom. The first-order chi connectivity index (χ1) is 12.8. The number of hydrogen-bond donors (Lipinski definition) is 0. The van der Waals surface area contributed by atoms with Crippen LogP contribution in [0.25, 0.3) is 10.2 Å². The molecular weight excluding hydrogens is 366 g/mol. The van der Waals surface area contributed by atoms with Crippen molar-refractivity contribution < 1.29 is 14.3 Å². The van der Waals surface area contributed by atoms with Crippen molar-refractivity contribution in [1.29, 1.82) is 0 Å². The number of carbonyl (C=O) groups is 1. The molecule has 1 unspecified atom stereocenters. The number of aryl methyl sites for hydroxylation is 2. The van der Waals surface area contributed by atoms with Gasteiger partial charge in [-0.25, -0.2) is 9.78 Å². The van der Waals surface area contributed by atoms with Crippen molar-refractivity contribution in [1.82, 2.24) is 14.5 Å². The van der Waals surface area contributed by atoms with E-state index in [1.807, 2.05) is 46.7 Å². The van der Waals surface area contributed by atoms with Gasteiger partial charge in [0.25, 0.3) is 5.56 Å². The van der Waals surface area contributed by atoms with Gasteiger partial charge in [0.15, 0.2) is 0 Å². The number of nitrogens with zero attached hydrogens (tertiary/aromatic N) is 3. The van der Waals surface area contributed by atoms with Gasteiger partial charge in [-0.05, 0) is 46.9 Å². The SMILES string of the molecule is CCOCCOC(=O)C(CC)n1c(CN(C)C)nc2sc(C)c(C)c2c1=O. The molecule has 1 atom stereocenters. The van der Waals surface area contributed by atoms with Crippen LogP contribution in [0.15, 0.2) is 4.79 Å². The van der Waals surface area contributed by atoms with Gasteiger partial charge in [-0.2, -0.15) is 0 Å².